The van der Waals surface area contributed by atoms with E-state index in [0.717, 1.165) is 11.7 Å². The van der Waals surface area contributed by atoms with Crippen molar-refractivity contribution in [1.29, 1.82) is 0 Å². The second-order valence-electron chi connectivity index (χ2n) is 4.48. The molecular weight excluding hydrogens is 186 g/mol. The summed E-state index contributed by atoms with van der Waals surface area (Å²) in [6.45, 7) is 6.62. The van der Waals surface area contributed by atoms with Crippen molar-refractivity contribution in [2.24, 2.45) is 5.92 Å². The Bertz CT molecular complexity index is 356. The number of ether oxygens (including phenoxy) is 1. The lowest BCUT2D eigenvalue weighted by Crippen LogP contribution is -2.43. The first-order chi connectivity index (χ1) is 7.20. The monoisotopic (exact) mass is 205 g/mol. The molecule has 1 aliphatic heterocycles. The molecule has 0 amide bonds. The average molecular weight is 205 g/mol. The Hall–Kier alpha value is -1.02. The summed E-state index contributed by atoms with van der Waals surface area (Å²) in [6, 6.07) is 4.42. The van der Waals surface area contributed by atoms with E-state index in [-0.39, 0.29) is 0 Å². The molecule has 1 N–H and O–H groups in total. The molecule has 1 saturated heterocycles. The lowest BCUT2D eigenvalue weighted by atomic mass is 9.91. The summed E-state index contributed by atoms with van der Waals surface area (Å²) in [5.41, 5.74) is 4.06. The summed E-state index contributed by atoms with van der Waals surface area (Å²) in [7, 11) is 1.73. The quantitative estimate of drug-likeness (QED) is 0.815. The maximum absolute atomic E-state index is 5.31. The summed E-state index contributed by atoms with van der Waals surface area (Å²) < 4.78 is 5.31. The number of rotatable bonds is 3. The smallest absolute Gasteiger partial charge is 0.122 e. The molecule has 0 spiro atoms. The molecule has 0 radical (unpaired) electrons. The first-order valence-corrected chi connectivity index (χ1v) is 5.55. The largest absolute Gasteiger partial charge is 0.496 e. The summed E-state index contributed by atoms with van der Waals surface area (Å²) >= 11 is 0. The van der Waals surface area contributed by atoms with Crippen LogP contribution < -0.4 is 10.1 Å². The van der Waals surface area contributed by atoms with E-state index in [1.165, 1.54) is 36.2 Å². The number of hydrogen-bond donors (Lipinski definition) is 1. The van der Waals surface area contributed by atoms with Crippen molar-refractivity contribution in [2.45, 2.75) is 20.3 Å². The van der Waals surface area contributed by atoms with Crippen molar-refractivity contribution < 1.29 is 4.74 Å². The van der Waals surface area contributed by atoms with Crippen molar-refractivity contribution in [1.82, 2.24) is 5.32 Å². The minimum absolute atomic E-state index is 0.830. The van der Waals surface area contributed by atoms with Gasteiger partial charge in [-0.3, -0.25) is 0 Å². The zero-order chi connectivity index (χ0) is 10.8. The number of methoxy groups -OCH3 is 1. The molecule has 0 bridgehead atoms. The highest BCUT2D eigenvalue weighted by atomic mass is 16.5. The third kappa shape index (κ3) is 2.15. The van der Waals surface area contributed by atoms with Gasteiger partial charge in [-0.1, -0.05) is 6.07 Å². The molecule has 2 nitrogen and oxygen atoms in total. The van der Waals surface area contributed by atoms with Crippen LogP contribution in [0.5, 0.6) is 5.75 Å². The van der Waals surface area contributed by atoms with E-state index in [9.17, 15) is 0 Å². The van der Waals surface area contributed by atoms with E-state index in [2.05, 4.69) is 31.3 Å². The molecule has 0 aromatic heterocycles. The molecule has 15 heavy (non-hydrogen) atoms. The third-order valence-corrected chi connectivity index (χ3v) is 3.23. The summed E-state index contributed by atoms with van der Waals surface area (Å²) in [4.78, 5) is 0. The minimum atomic E-state index is 0.830. The molecule has 82 valence electrons. The SMILES string of the molecule is COc1cc(C)c(CC2CNC2)cc1C. The average Bonchev–Trinajstić information content (AvgIpc) is 2.16. The molecule has 1 aromatic carbocycles. The second-order valence-corrected chi connectivity index (χ2v) is 4.48. The van der Waals surface area contributed by atoms with E-state index in [4.69, 9.17) is 4.74 Å². The van der Waals surface area contributed by atoms with Gasteiger partial charge in [0, 0.05) is 0 Å². The van der Waals surface area contributed by atoms with Crippen LogP contribution in [0, 0.1) is 19.8 Å². The Morgan fingerprint density at radius 3 is 2.53 bits per heavy atom. The highest BCUT2D eigenvalue weighted by Crippen LogP contribution is 2.24. The summed E-state index contributed by atoms with van der Waals surface area (Å²) in [5.74, 6) is 1.83. The van der Waals surface area contributed by atoms with Crippen LogP contribution in [0.2, 0.25) is 0 Å². The molecule has 0 saturated carbocycles. The van der Waals surface area contributed by atoms with Gasteiger partial charge in [0.05, 0.1) is 7.11 Å². The van der Waals surface area contributed by atoms with Gasteiger partial charge >= 0.3 is 0 Å². The fourth-order valence-corrected chi connectivity index (χ4v) is 2.09. The second kappa shape index (κ2) is 4.23. The first-order valence-electron chi connectivity index (χ1n) is 5.55. The Morgan fingerprint density at radius 1 is 1.27 bits per heavy atom. The lowest BCUT2D eigenvalue weighted by molar-refractivity contribution is 0.346. The van der Waals surface area contributed by atoms with Crippen LogP contribution in [0.15, 0.2) is 12.1 Å². The molecule has 2 heteroatoms. The standard InChI is InChI=1S/C13H19NO/c1-9-5-13(15-3)10(2)4-12(9)6-11-7-14-8-11/h4-5,11,14H,6-8H2,1-3H3. The molecule has 0 unspecified atom stereocenters. The number of aryl methyl sites for hydroxylation is 2. The van der Waals surface area contributed by atoms with Gasteiger partial charge in [-0.25, -0.2) is 0 Å². The molecule has 1 aliphatic rings. The molecule has 1 heterocycles. The third-order valence-electron chi connectivity index (χ3n) is 3.23. The van der Waals surface area contributed by atoms with Gasteiger partial charge in [0.25, 0.3) is 0 Å². The normalized spacial score (nSPS) is 16.2. The van der Waals surface area contributed by atoms with Gasteiger partial charge in [0.2, 0.25) is 0 Å². The number of benzene rings is 1. The van der Waals surface area contributed by atoms with Crippen LogP contribution >= 0.6 is 0 Å². The van der Waals surface area contributed by atoms with Crippen LogP contribution in [0.4, 0.5) is 0 Å². The van der Waals surface area contributed by atoms with Crippen LogP contribution in [-0.2, 0) is 6.42 Å². The fraction of sp³-hybridized carbons (Fsp3) is 0.538. The van der Waals surface area contributed by atoms with Gasteiger partial charge in [-0.05, 0) is 62.0 Å². The molecule has 0 aliphatic carbocycles. The fourth-order valence-electron chi connectivity index (χ4n) is 2.09. The molecule has 2 rings (SSSR count). The van der Waals surface area contributed by atoms with E-state index in [1.54, 1.807) is 7.11 Å². The van der Waals surface area contributed by atoms with Crippen molar-refractivity contribution in [2.75, 3.05) is 20.2 Å². The molecular formula is C13H19NO. The molecule has 0 atom stereocenters. The minimum Gasteiger partial charge on any atom is -0.496 e. The zero-order valence-electron chi connectivity index (χ0n) is 9.76. The Morgan fingerprint density at radius 2 is 2.00 bits per heavy atom. The highest BCUT2D eigenvalue weighted by molar-refractivity contribution is 5.41. The van der Waals surface area contributed by atoms with E-state index >= 15 is 0 Å². The van der Waals surface area contributed by atoms with Gasteiger partial charge in [0.1, 0.15) is 5.75 Å². The predicted octanol–water partition coefficient (Wildman–Crippen LogP) is 2.07. The van der Waals surface area contributed by atoms with Gasteiger partial charge in [-0.2, -0.15) is 0 Å². The highest BCUT2D eigenvalue weighted by Gasteiger charge is 2.18. The molecule has 1 fully saturated rings. The predicted molar refractivity (Wildman–Crippen MR) is 62.5 cm³/mol. The van der Waals surface area contributed by atoms with Gasteiger partial charge < -0.3 is 10.1 Å². The number of nitrogens with one attached hydrogen (secondary N) is 1. The van der Waals surface area contributed by atoms with Crippen molar-refractivity contribution >= 4 is 0 Å². The number of hydrogen-bond acceptors (Lipinski definition) is 2. The van der Waals surface area contributed by atoms with Crippen molar-refractivity contribution in [3.05, 3.63) is 28.8 Å². The van der Waals surface area contributed by atoms with E-state index < -0.39 is 0 Å². The van der Waals surface area contributed by atoms with Crippen LogP contribution in [-0.4, -0.2) is 20.2 Å². The topological polar surface area (TPSA) is 21.3 Å². The maximum atomic E-state index is 5.31. The zero-order valence-corrected chi connectivity index (χ0v) is 9.76. The van der Waals surface area contributed by atoms with Gasteiger partial charge in [0.15, 0.2) is 0 Å². The van der Waals surface area contributed by atoms with Crippen molar-refractivity contribution in [3.8, 4) is 5.75 Å². The van der Waals surface area contributed by atoms with Gasteiger partial charge in [-0.15, -0.1) is 0 Å². The van der Waals surface area contributed by atoms with Crippen molar-refractivity contribution in [3.63, 3.8) is 0 Å². The van der Waals surface area contributed by atoms with Crippen LogP contribution in [0.25, 0.3) is 0 Å². The van der Waals surface area contributed by atoms with E-state index in [1.807, 2.05) is 0 Å². The first kappa shape index (κ1) is 10.5. The summed E-state index contributed by atoms with van der Waals surface area (Å²) in [6.07, 6.45) is 1.20. The van der Waals surface area contributed by atoms with Crippen LogP contribution in [0.3, 0.4) is 0 Å². The Labute approximate surface area is 91.6 Å². The summed E-state index contributed by atoms with van der Waals surface area (Å²) in [5, 5.41) is 3.31. The molecule has 1 aromatic rings. The maximum Gasteiger partial charge on any atom is 0.122 e. The van der Waals surface area contributed by atoms with E-state index in [0.29, 0.717) is 0 Å². The van der Waals surface area contributed by atoms with Crippen LogP contribution in [0.1, 0.15) is 16.7 Å². The lowest BCUT2D eigenvalue weighted by Gasteiger charge is -2.28. The Kier molecular flexibility index (Phi) is 2.96. The Balaban J connectivity index is 2.19.